The molecule has 74 valence electrons. The zero-order valence-electron chi connectivity index (χ0n) is 8.27. The minimum Gasteiger partial charge on any atom is -0.390 e. The molecule has 0 aromatic rings. The van der Waals surface area contributed by atoms with Crippen LogP contribution in [0.25, 0.3) is 0 Å². The van der Waals surface area contributed by atoms with Gasteiger partial charge in [0.2, 0.25) is 0 Å². The molecule has 0 aliphatic rings. The maximum atomic E-state index is 9.35. The molecule has 0 unspecified atom stereocenters. The topological polar surface area (TPSA) is 44.3 Å². The van der Waals surface area contributed by atoms with Crippen LogP contribution in [0, 0.1) is 0 Å². The van der Waals surface area contributed by atoms with Gasteiger partial charge in [-0.1, -0.05) is 20.3 Å². The molecule has 0 amide bonds. The van der Waals surface area contributed by atoms with E-state index in [1.165, 1.54) is 12.8 Å². The Hall–Kier alpha value is -0.120. The summed E-state index contributed by atoms with van der Waals surface area (Å²) in [4.78, 5) is 0. The Morgan fingerprint density at radius 1 is 1.17 bits per heavy atom. The van der Waals surface area contributed by atoms with Gasteiger partial charge in [-0.05, 0) is 19.5 Å². The Morgan fingerprint density at radius 2 is 1.83 bits per heavy atom. The van der Waals surface area contributed by atoms with Gasteiger partial charge in [-0.25, -0.2) is 0 Å². The van der Waals surface area contributed by atoms with Crippen LogP contribution in [-0.2, 0) is 0 Å². The highest BCUT2D eigenvalue weighted by Crippen LogP contribution is 1.83. The fourth-order valence-electron chi connectivity index (χ4n) is 0.954. The first-order valence-corrected chi connectivity index (χ1v) is 4.90. The number of hydrogen-bond donors (Lipinski definition) is 3. The van der Waals surface area contributed by atoms with Crippen molar-refractivity contribution in [3.63, 3.8) is 0 Å². The van der Waals surface area contributed by atoms with E-state index in [4.69, 9.17) is 0 Å². The third-order valence-electron chi connectivity index (χ3n) is 1.72. The highest BCUT2D eigenvalue weighted by atomic mass is 16.3. The predicted octanol–water partition coefficient (Wildman–Crippen LogP) is 0.346. The van der Waals surface area contributed by atoms with Crippen molar-refractivity contribution in [1.29, 1.82) is 0 Å². The summed E-state index contributed by atoms with van der Waals surface area (Å²) in [5, 5.41) is 15.7. The molecule has 0 bridgehead atoms. The smallest absolute Gasteiger partial charge is 0.0788 e. The van der Waals surface area contributed by atoms with Crippen LogP contribution in [0.4, 0.5) is 0 Å². The first-order valence-electron chi connectivity index (χ1n) is 4.90. The summed E-state index contributed by atoms with van der Waals surface area (Å²) in [5.74, 6) is 0. The molecule has 0 rings (SSSR count). The Balaban J connectivity index is 3.02. The Bertz CT molecular complexity index is 88.6. The van der Waals surface area contributed by atoms with E-state index in [-0.39, 0.29) is 6.10 Å². The lowest BCUT2D eigenvalue weighted by atomic mass is 10.3. The minimum atomic E-state index is -0.248. The van der Waals surface area contributed by atoms with Gasteiger partial charge in [-0.3, -0.25) is 0 Å². The standard InChI is InChI=1S/C9H22N2O/c1-3-5-6-11-8-9(12)7-10-4-2/h9-12H,3-8H2,1-2H3/t9-/m1/s1. The maximum absolute atomic E-state index is 9.35. The molecule has 0 saturated carbocycles. The van der Waals surface area contributed by atoms with Gasteiger partial charge in [-0.2, -0.15) is 0 Å². The number of hydrogen-bond acceptors (Lipinski definition) is 3. The molecule has 0 aromatic carbocycles. The summed E-state index contributed by atoms with van der Waals surface area (Å²) < 4.78 is 0. The third-order valence-corrected chi connectivity index (χ3v) is 1.72. The fraction of sp³-hybridized carbons (Fsp3) is 1.00. The van der Waals surface area contributed by atoms with E-state index in [1.54, 1.807) is 0 Å². The van der Waals surface area contributed by atoms with E-state index < -0.39 is 0 Å². The quantitative estimate of drug-likeness (QED) is 0.465. The van der Waals surface area contributed by atoms with Crippen molar-refractivity contribution in [2.75, 3.05) is 26.2 Å². The second-order valence-electron chi connectivity index (χ2n) is 3.02. The van der Waals surface area contributed by atoms with Crippen LogP contribution in [0.3, 0.4) is 0 Å². The van der Waals surface area contributed by atoms with Crippen LogP contribution in [0.15, 0.2) is 0 Å². The van der Waals surface area contributed by atoms with Crippen LogP contribution in [0.5, 0.6) is 0 Å². The van der Waals surface area contributed by atoms with Gasteiger partial charge < -0.3 is 15.7 Å². The molecule has 0 fully saturated rings. The fourth-order valence-corrected chi connectivity index (χ4v) is 0.954. The predicted molar refractivity (Wildman–Crippen MR) is 52.3 cm³/mol. The van der Waals surface area contributed by atoms with Gasteiger partial charge in [0.25, 0.3) is 0 Å². The van der Waals surface area contributed by atoms with Crippen LogP contribution in [0.2, 0.25) is 0 Å². The molecular formula is C9H22N2O. The van der Waals surface area contributed by atoms with E-state index in [9.17, 15) is 5.11 Å². The zero-order chi connectivity index (χ0) is 9.23. The molecule has 12 heavy (non-hydrogen) atoms. The van der Waals surface area contributed by atoms with Crippen molar-refractivity contribution in [1.82, 2.24) is 10.6 Å². The number of aliphatic hydroxyl groups is 1. The van der Waals surface area contributed by atoms with Crippen molar-refractivity contribution in [3.8, 4) is 0 Å². The van der Waals surface area contributed by atoms with Gasteiger partial charge >= 0.3 is 0 Å². The van der Waals surface area contributed by atoms with Crippen LogP contribution < -0.4 is 10.6 Å². The average molecular weight is 174 g/mol. The summed E-state index contributed by atoms with van der Waals surface area (Å²) >= 11 is 0. The molecule has 3 N–H and O–H groups in total. The number of nitrogens with one attached hydrogen (secondary N) is 2. The molecule has 3 heteroatoms. The summed E-state index contributed by atoms with van der Waals surface area (Å²) in [6, 6.07) is 0. The Morgan fingerprint density at radius 3 is 2.42 bits per heavy atom. The first-order chi connectivity index (χ1) is 5.81. The lowest BCUT2D eigenvalue weighted by Gasteiger charge is -2.11. The molecule has 0 spiro atoms. The van der Waals surface area contributed by atoms with Crippen LogP contribution in [0.1, 0.15) is 26.7 Å². The maximum Gasteiger partial charge on any atom is 0.0788 e. The molecule has 0 radical (unpaired) electrons. The van der Waals surface area contributed by atoms with Crippen molar-refractivity contribution < 1.29 is 5.11 Å². The van der Waals surface area contributed by atoms with Gasteiger partial charge in [0.15, 0.2) is 0 Å². The van der Waals surface area contributed by atoms with Crippen molar-refractivity contribution >= 4 is 0 Å². The van der Waals surface area contributed by atoms with E-state index in [0.29, 0.717) is 13.1 Å². The number of aliphatic hydroxyl groups excluding tert-OH is 1. The lowest BCUT2D eigenvalue weighted by molar-refractivity contribution is 0.169. The van der Waals surface area contributed by atoms with Crippen LogP contribution in [-0.4, -0.2) is 37.4 Å². The Labute approximate surface area is 75.6 Å². The number of unbranched alkanes of at least 4 members (excludes halogenated alkanes) is 1. The number of rotatable bonds is 8. The first kappa shape index (κ1) is 11.9. The number of likely N-dealkylation sites (N-methyl/N-ethyl adjacent to an activating group) is 1. The SMILES string of the molecule is CCCCNC[C@H](O)CNCC. The van der Waals surface area contributed by atoms with E-state index in [1.807, 2.05) is 6.92 Å². The zero-order valence-corrected chi connectivity index (χ0v) is 8.27. The van der Waals surface area contributed by atoms with Gasteiger partial charge in [0.05, 0.1) is 6.10 Å². The Kier molecular flexibility index (Phi) is 8.88. The van der Waals surface area contributed by atoms with E-state index in [2.05, 4.69) is 17.6 Å². The highest BCUT2D eigenvalue weighted by Gasteiger charge is 2.00. The summed E-state index contributed by atoms with van der Waals surface area (Å²) in [6.45, 7) is 7.53. The third kappa shape index (κ3) is 7.98. The van der Waals surface area contributed by atoms with Gasteiger partial charge in [0.1, 0.15) is 0 Å². The highest BCUT2D eigenvalue weighted by molar-refractivity contribution is 4.61. The average Bonchev–Trinajstić information content (AvgIpc) is 2.09. The monoisotopic (exact) mass is 174 g/mol. The van der Waals surface area contributed by atoms with Crippen molar-refractivity contribution in [3.05, 3.63) is 0 Å². The van der Waals surface area contributed by atoms with Gasteiger partial charge in [0, 0.05) is 13.1 Å². The van der Waals surface area contributed by atoms with Crippen LogP contribution >= 0.6 is 0 Å². The lowest BCUT2D eigenvalue weighted by Crippen LogP contribution is -2.35. The summed E-state index contributed by atoms with van der Waals surface area (Å²) in [6.07, 6.45) is 2.14. The summed E-state index contributed by atoms with van der Waals surface area (Å²) in [7, 11) is 0. The molecule has 0 aromatic heterocycles. The molecule has 0 aliphatic heterocycles. The molecular weight excluding hydrogens is 152 g/mol. The van der Waals surface area contributed by atoms with Gasteiger partial charge in [-0.15, -0.1) is 0 Å². The molecule has 0 aliphatic carbocycles. The second kappa shape index (κ2) is 8.97. The molecule has 1 atom stereocenters. The summed E-state index contributed by atoms with van der Waals surface area (Å²) in [5.41, 5.74) is 0. The minimum absolute atomic E-state index is 0.248. The molecule has 3 nitrogen and oxygen atoms in total. The molecule has 0 heterocycles. The normalized spacial score (nSPS) is 13.2. The van der Waals surface area contributed by atoms with E-state index in [0.717, 1.165) is 13.1 Å². The second-order valence-corrected chi connectivity index (χ2v) is 3.02. The van der Waals surface area contributed by atoms with Crippen molar-refractivity contribution in [2.24, 2.45) is 0 Å². The van der Waals surface area contributed by atoms with Crippen molar-refractivity contribution in [2.45, 2.75) is 32.8 Å². The molecule has 0 saturated heterocycles. The largest absolute Gasteiger partial charge is 0.390 e. The van der Waals surface area contributed by atoms with E-state index >= 15 is 0 Å².